The standard InChI is InChI=1S/C6H6/c1-5-3-4-6(5)2/h1-2H3. The van der Waals surface area contributed by atoms with E-state index in [-0.39, 0.29) is 0 Å². The van der Waals surface area contributed by atoms with Crippen molar-refractivity contribution in [2.24, 2.45) is 0 Å². The molecule has 1 aliphatic carbocycles. The average molecular weight is 78.1 g/mol. The fourth-order valence-corrected chi connectivity index (χ4v) is 0.312. The first-order valence-corrected chi connectivity index (χ1v) is 2.00. The van der Waals surface area contributed by atoms with Crippen molar-refractivity contribution in [2.75, 3.05) is 0 Å². The summed E-state index contributed by atoms with van der Waals surface area (Å²) in [6.45, 7) is 4.07. The summed E-state index contributed by atoms with van der Waals surface area (Å²) >= 11 is 0. The van der Waals surface area contributed by atoms with Crippen LogP contribution < -0.4 is 0 Å². The van der Waals surface area contributed by atoms with Crippen molar-refractivity contribution in [3.8, 4) is 11.8 Å². The quantitative estimate of drug-likeness (QED) is 0.383. The highest BCUT2D eigenvalue weighted by Gasteiger charge is 1.93. The maximum absolute atomic E-state index is 2.89. The van der Waals surface area contributed by atoms with Crippen LogP contribution in [0.2, 0.25) is 0 Å². The van der Waals surface area contributed by atoms with Crippen LogP contribution in [0.4, 0.5) is 0 Å². The molecule has 0 heteroatoms. The average Bonchev–Trinajstić information content (AvgIpc) is 1.61. The molecule has 0 nitrogen and oxygen atoms in total. The lowest BCUT2D eigenvalue weighted by Gasteiger charge is -1.97. The number of rotatable bonds is 0. The second-order valence-corrected chi connectivity index (χ2v) is 1.50. The van der Waals surface area contributed by atoms with Gasteiger partial charge in [-0.05, 0) is 13.8 Å². The van der Waals surface area contributed by atoms with E-state index in [1.807, 2.05) is 13.8 Å². The van der Waals surface area contributed by atoms with E-state index in [9.17, 15) is 0 Å². The van der Waals surface area contributed by atoms with Crippen LogP contribution in [-0.2, 0) is 0 Å². The van der Waals surface area contributed by atoms with Gasteiger partial charge in [-0.1, -0.05) is 11.8 Å². The van der Waals surface area contributed by atoms with E-state index in [1.54, 1.807) is 0 Å². The first-order valence-electron chi connectivity index (χ1n) is 2.00. The highest BCUT2D eigenvalue weighted by molar-refractivity contribution is 5.51. The predicted molar refractivity (Wildman–Crippen MR) is 26.1 cm³/mol. The van der Waals surface area contributed by atoms with Crippen LogP contribution in [-0.4, -0.2) is 0 Å². The van der Waals surface area contributed by atoms with Crippen LogP contribution in [0.5, 0.6) is 0 Å². The summed E-state index contributed by atoms with van der Waals surface area (Å²) in [6.07, 6.45) is 0. The van der Waals surface area contributed by atoms with Gasteiger partial charge in [-0.25, -0.2) is 0 Å². The van der Waals surface area contributed by atoms with Gasteiger partial charge in [0.25, 0.3) is 0 Å². The smallest absolute Gasteiger partial charge is 0.0106 e. The molecule has 0 aliphatic heterocycles. The Bertz CT molecular complexity index is 135. The van der Waals surface area contributed by atoms with Gasteiger partial charge in [0.1, 0.15) is 0 Å². The molecule has 30 valence electrons. The molecule has 0 amide bonds. The van der Waals surface area contributed by atoms with E-state index in [4.69, 9.17) is 0 Å². The van der Waals surface area contributed by atoms with Gasteiger partial charge in [-0.15, -0.1) is 0 Å². The maximum Gasteiger partial charge on any atom is 0.0106 e. The molecule has 0 atom stereocenters. The Hall–Kier alpha value is -0.700. The maximum atomic E-state index is 2.89. The molecular weight excluding hydrogens is 72.1 g/mol. The minimum absolute atomic E-state index is 1.25. The van der Waals surface area contributed by atoms with Gasteiger partial charge in [0.15, 0.2) is 0 Å². The van der Waals surface area contributed by atoms with Gasteiger partial charge >= 0.3 is 0 Å². The monoisotopic (exact) mass is 78.0 g/mol. The minimum Gasteiger partial charge on any atom is -0.0658 e. The van der Waals surface area contributed by atoms with Gasteiger partial charge in [0, 0.05) is 11.1 Å². The highest BCUT2D eigenvalue weighted by atomic mass is 14.0. The van der Waals surface area contributed by atoms with Crippen LogP contribution in [0.3, 0.4) is 0 Å². The Labute approximate surface area is 37.9 Å². The van der Waals surface area contributed by atoms with Crippen molar-refractivity contribution in [1.29, 1.82) is 0 Å². The zero-order valence-corrected chi connectivity index (χ0v) is 4.00. The van der Waals surface area contributed by atoms with Crippen molar-refractivity contribution in [3.63, 3.8) is 0 Å². The molecule has 0 radical (unpaired) electrons. The topological polar surface area (TPSA) is 0 Å². The van der Waals surface area contributed by atoms with Gasteiger partial charge in [-0.2, -0.15) is 0 Å². The number of allylic oxidation sites excluding steroid dienone is 2. The summed E-state index contributed by atoms with van der Waals surface area (Å²) < 4.78 is 0. The molecule has 1 aliphatic rings. The van der Waals surface area contributed by atoms with Crippen LogP contribution in [0.15, 0.2) is 11.1 Å². The van der Waals surface area contributed by atoms with Gasteiger partial charge in [0.2, 0.25) is 0 Å². The van der Waals surface area contributed by atoms with Crippen molar-refractivity contribution >= 4 is 0 Å². The third kappa shape index (κ3) is 0.253. The van der Waals surface area contributed by atoms with Crippen LogP contribution in [0, 0.1) is 11.8 Å². The second kappa shape index (κ2) is 0.879. The Morgan fingerprint density at radius 3 is 1.33 bits per heavy atom. The third-order valence-corrected chi connectivity index (χ3v) is 1.00. The van der Waals surface area contributed by atoms with Crippen molar-refractivity contribution in [3.05, 3.63) is 11.1 Å². The van der Waals surface area contributed by atoms with E-state index in [0.29, 0.717) is 0 Å². The molecule has 0 heterocycles. The first-order chi connectivity index (χ1) is 2.80. The van der Waals surface area contributed by atoms with Gasteiger partial charge in [0.05, 0.1) is 0 Å². The zero-order chi connectivity index (χ0) is 4.57. The summed E-state index contributed by atoms with van der Waals surface area (Å²) in [4.78, 5) is 0. The molecule has 0 unspecified atom stereocenters. The Morgan fingerprint density at radius 2 is 1.33 bits per heavy atom. The van der Waals surface area contributed by atoms with Gasteiger partial charge in [-0.3, -0.25) is 0 Å². The number of hydrogen-bond acceptors (Lipinski definition) is 0. The Balaban J connectivity index is 2.82. The first kappa shape index (κ1) is 3.49. The summed E-state index contributed by atoms with van der Waals surface area (Å²) in [5.41, 5.74) is 2.49. The lowest BCUT2D eigenvalue weighted by atomic mass is 10.1. The van der Waals surface area contributed by atoms with Crippen LogP contribution in [0.25, 0.3) is 0 Å². The fraction of sp³-hybridized carbons (Fsp3) is 0.333. The fourth-order valence-electron chi connectivity index (χ4n) is 0.312. The molecule has 0 saturated heterocycles. The van der Waals surface area contributed by atoms with E-state index in [1.165, 1.54) is 11.1 Å². The molecule has 6 heavy (non-hydrogen) atoms. The Morgan fingerprint density at radius 1 is 1.00 bits per heavy atom. The molecule has 0 fully saturated rings. The zero-order valence-electron chi connectivity index (χ0n) is 4.00. The minimum atomic E-state index is 1.25. The van der Waals surface area contributed by atoms with E-state index in [2.05, 4.69) is 11.8 Å². The molecule has 0 aromatic rings. The third-order valence-electron chi connectivity index (χ3n) is 1.00. The molecule has 1 rings (SSSR count). The molecule has 0 N–H and O–H groups in total. The highest BCUT2D eigenvalue weighted by Crippen LogP contribution is 2.06. The molecule has 0 aromatic carbocycles. The number of hydrogen-bond donors (Lipinski definition) is 0. The van der Waals surface area contributed by atoms with Crippen molar-refractivity contribution in [1.82, 2.24) is 0 Å². The van der Waals surface area contributed by atoms with Crippen LogP contribution in [0.1, 0.15) is 13.8 Å². The molecule has 0 bridgehead atoms. The summed E-state index contributed by atoms with van der Waals surface area (Å²) in [5, 5.41) is 0. The lowest BCUT2D eigenvalue weighted by Crippen LogP contribution is -1.84. The van der Waals surface area contributed by atoms with E-state index in [0.717, 1.165) is 0 Å². The predicted octanol–water partition coefficient (Wildman–Crippen LogP) is 1.34. The summed E-state index contributed by atoms with van der Waals surface area (Å²) in [6, 6.07) is 0. The van der Waals surface area contributed by atoms with Gasteiger partial charge < -0.3 is 0 Å². The van der Waals surface area contributed by atoms with Crippen LogP contribution >= 0.6 is 0 Å². The Kier molecular flexibility index (Phi) is 0.511. The normalized spacial score (nSPS) is 15.7. The summed E-state index contributed by atoms with van der Waals surface area (Å²) in [7, 11) is 0. The molecular formula is C6H6. The summed E-state index contributed by atoms with van der Waals surface area (Å²) in [5.74, 6) is 5.78. The SMILES string of the molecule is CC1=C(C)C#C1. The van der Waals surface area contributed by atoms with Crippen molar-refractivity contribution < 1.29 is 0 Å². The molecule has 0 aromatic heterocycles. The van der Waals surface area contributed by atoms with Crippen molar-refractivity contribution in [2.45, 2.75) is 13.8 Å². The van der Waals surface area contributed by atoms with E-state index < -0.39 is 0 Å². The molecule has 0 spiro atoms. The van der Waals surface area contributed by atoms with E-state index >= 15 is 0 Å². The largest absolute Gasteiger partial charge is 0.0658 e. The lowest BCUT2D eigenvalue weighted by molar-refractivity contribution is 1.39. The molecule has 0 saturated carbocycles. The second-order valence-electron chi connectivity index (χ2n) is 1.50.